The zero-order valence-corrected chi connectivity index (χ0v) is 12.5. The van der Waals surface area contributed by atoms with E-state index in [1.165, 1.54) is 0 Å². The van der Waals surface area contributed by atoms with Crippen LogP contribution >= 0.6 is 24.0 Å². The van der Waals surface area contributed by atoms with Crippen LogP contribution in [0.1, 0.15) is 20.3 Å². The normalized spacial score (nSPS) is 11.1. The van der Waals surface area contributed by atoms with E-state index >= 15 is 0 Å². The predicted octanol–water partition coefficient (Wildman–Crippen LogP) is 1.46. The molecule has 0 aliphatic carbocycles. The van der Waals surface area contributed by atoms with Gasteiger partial charge in [0.25, 0.3) is 0 Å². The molecule has 0 aromatic rings. The van der Waals surface area contributed by atoms with Crippen molar-refractivity contribution in [2.24, 2.45) is 10.9 Å². The molecule has 0 rings (SSSR count). The summed E-state index contributed by atoms with van der Waals surface area (Å²) in [5.41, 5.74) is 0. The highest BCUT2D eigenvalue weighted by atomic mass is 127. The monoisotopic (exact) mass is 329 g/mol. The van der Waals surface area contributed by atoms with Crippen molar-refractivity contribution in [3.05, 3.63) is 0 Å². The lowest BCUT2D eigenvalue weighted by Crippen LogP contribution is -2.39. The summed E-state index contributed by atoms with van der Waals surface area (Å²) in [6.45, 7) is 6.87. The van der Waals surface area contributed by atoms with Crippen LogP contribution in [0.15, 0.2) is 4.99 Å². The van der Waals surface area contributed by atoms with E-state index in [0.717, 1.165) is 31.4 Å². The van der Waals surface area contributed by atoms with Crippen LogP contribution in [0.5, 0.6) is 0 Å². The van der Waals surface area contributed by atoms with Gasteiger partial charge in [0.05, 0.1) is 6.61 Å². The Bertz CT molecular complexity index is 163. The average molecular weight is 329 g/mol. The molecule has 0 aliphatic rings. The Morgan fingerprint density at radius 3 is 2.33 bits per heavy atom. The van der Waals surface area contributed by atoms with Crippen molar-refractivity contribution in [2.75, 3.05) is 33.9 Å². The molecule has 0 heterocycles. The van der Waals surface area contributed by atoms with Gasteiger partial charge >= 0.3 is 0 Å². The molecular weight excluding hydrogens is 305 g/mol. The van der Waals surface area contributed by atoms with E-state index in [1.54, 1.807) is 14.2 Å². The number of ether oxygens (including phenoxy) is 1. The maximum absolute atomic E-state index is 4.93. The van der Waals surface area contributed by atoms with Crippen molar-refractivity contribution in [2.45, 2.75) is 20.3 Å². The van der Waals surface area contributed by atoms with Gasteiger partial charge in [0, 0.05) is 27.2 Å². The fraction of sp³-hybridized carbons (Fsp3) is 0.900. The van der Waals surface area contributed by atoms with Crippen LogP contribution in [-0.4, -0.2) is 39.8 Å². The molecule has 0 saturated carbocycles. The predicted molar refractivity (Wildman–Crippen MR) is 76.1 cm³/mol. The van der Waals surface area contributed by atoms with Crippen molar-refractivity contribution in [1.82, 2.24) is 10.6 Å². The molecular formula is C10H24IN3O. The first-order valence-electron chi connectivity index (χ1n) is 5.14. The third kappa shape index (κ3) is 11.9. The Labute approximate surface area is 110 Å². The van der Waals surface area contributed by atoms with Crippen LogP contribution in [0.25, 0.3) is 0 Å². The lowest BCUT2D eigenvalue weighted by Gasteiger charge is -2.12. The molecule has 0 saturated heterocycles. The molecule has 0 amide bonds. The minimum Gasteiger partial charge on any atom is -0.383 e. The van der Waals surface area contributed by atoms with Gasteiger partial charge in [-0.05, 0) is 12.3 Å². The van der Waals surface area contributed by atoms with Crippen molar-refractivity contribution in [1.29, 1.82) is 0 Å². The van der Waals surface area contributed by atoms with Crippen molar-refractivity contribution >= 4 is 29.9 Å². The minimum absolute atomic E-state index is 0. The molecule has 0 unspecified atom stereocenters. The Hall–Kier alpha value is -0.0400. The first-order chi connectivity index (χ1) is 6.70. The quantitative estimate of drug-likeness (QED) is 0.336. The Balaban J connectivity index is 0. The number of hydrogen-bond donors (Lipinski definition) is 2. The van der Waals surface area contributed by atoms with Gasteiger partial charge in [-0.15, -0.1) is 24.0 Å². The van der Waals surface area contributed by atoms with E-state index in [9.17, 15) is 0 Å². The number of aliphatic imine (C=N–C) groups is 1. The molecule has 5 heteroatoms. The molecule has 0 aliphatic heterocycles. The molecule has 0 spiro atoms. The van der Waals surface area contributed by atoms with E-state index in [-0.39, 0.29) is 24.0 Å². The molecule has 2 N–H and O–H groups in total. The van der Waals surface area contributed by atoms with Crippen LogP contribution in [0.3, 0.4) is 0 Å². The Morgan fingerprint density at radius 2 is 1.87 bits per heavy atom. The largest absolute Gasteiger partial charge is 0.383 e. The van der Waals surface area contributed by atoms with Crippen molar-refractivity contribution in [3.8, 4) is 0 Å². The van der Waals surface area contributed by atoms with Gasteiger partial charge < -0.3 is 15.4 Å². The van der Waals surface area contributed by atoms with Crippen molar-refractivity contribution < 1.29 is 4.74 Å². The molecule has 0 bridgehead atoms. The van der Waals surface area contributed by atoms with Gasteiger partial charge in [-0.2, -0.15) is 0 Å². The first kappa shape index (κ1) is 17.4. The average Bonchev–Trinajstić information content (AvgIpc) is 2.15. The van der Waals surface area contributed by atoms with Gasteiger partial charge in [-0.1, -0.05) is 13.8 Å². The van der Waals surface area contributed by atoms with E-state index in [4.69, 9.17) is 4.74 Å². The maximum atomic E-state index is 4.93. The Kier molecular flexibility index (Phi) is 13.9. The lowest BCUT2D eigenvalue weighted by atomic mass is 10.1. The summed E-state index contributed by atoms with van der Waals surface area (Å²) in [7, 11) is 3.47. The summed E-state index contributed by atoms with van der Waals surface area (Å²) < 4.78 is 4.93. The summed E-state index contributed by atoms with van der Waals surface area (Å²) in [6.07, 6.45) is 1.16. The third-order valence-corrected chi connectivity index (χ3v) is 1.84. The van der Waals surface area contributed by atoms with Crippen LogP contribution < -0.4 is 10.6 Å². The van der Waals surface area contributed by atoms with Crippen LogP contribution in [-0.2, 0) is 4.74 Å². The zero-order valence-electron chi connectivity index (χ0n) is 10.2. The SMILES string of the molecule is CN=C(NCCOC)NCCC(C)C.I. The Morgan fingerprint density at radius 1 is 1.27 bits per heavy atom. The van der Waals surface area contributed by atoms with E-state index in [0.29, 0.717) is 6.61 Å². The molecule has 0 aromatic carbocycles. The molecule has 15 heavy (non-hydrogen) atoms. The van der Waals surface area contributed by atoms with Gasteiger partial charge in [-0.3, -0.25) is 4.99 Å². The first-order valence-corrected chi connectivity index (χ1v) is 5.14. The van der Waals surface area contributed by atoms with E-state index < -0.39 is 0 Å². The molecule has 0 atom stereocenters. The zero-order chi connectivity index (χ0) is 10.8. The number of guanidine groups is 1. The topological polar surface area (TPSA) is 45.7 Å². The molecule has 0 radical (unpaired) electrons. The fourth-order valence-electron chi connectivity index (χ4n) is 0.971. The van der Waals surface area contributed by atoms with Gasteiger partial charge in [-0.25, -0.2) is 0 Å². The fourth-order valence-corrected chi connectivity index (χ4v) is 0.971. The van der Waals surface area contributed by atoms with Crippen LogP contribution in [0.4, 0.5) is 0 Å². The van der Waals surface area contributed by atoms with Gasteiger partial charge in [0.15, 0.2) is 5.96 Å². The van der Waals surface area contributed by atoms with E-state index in [1.807, 2.05) is 0 Å². The van der Waals surface area contributed by atoms with Crippen LogP contribution in [0.2, 0.25) is 0 Å². The number of nitrogens with zero attached hydrogens (tertiary/aromatic N) is 1. The third-order valence-electron chi connectivity index (χ3n) is 1.84. The smallest absolute Gasteiger partial charge is 0.191 e. The number of halogens is 1. The summed E-state index contributed by atoms with van der Waals surface area (Å²) >= 11 is 0. The second-order valence-electron chi connectivity index (χ2n) is 3.60. The highest BCUT2D eigenvalue weighted by Crippen LogP contribution is 1.95. The number of nitrogens with one attached hydrogen (secondary N) is 2. The highest BCUT2D eigenvalue weighted by Gasteiger charge is 1.97. The number of hydrogen-bond acceptors (Lipinski definition) is 2. The van der Waals surface area contributed by atoms with Gasteiger partial charge in [0.2, 0.25) is 0 Å². The lowest BCUT2D eigenvalue weighted by molar-refractivity contribution is 0.203. The molecule has 92 valence electrons. The molecule has 0 fully saturated rings. The molecule has 0 aromatic heterocycles. The second-order valence-corrected chi connectivity index (χ2v) is 3.60. The molecule has 4 nitrogen and oxygen atoms in total. The van der Waals surface area contributed by atoms with Gasteiger partial charge in [0.1, 0.15) is 0 Å². The maximum Gasteiger partial charge on any atom is 0.191 e. The summed E-state index contributed by atoms with van der Waals surface area (Å²) in [5, 5.41) is 6.40. The second kappa shape index (κ2) is 12.0. The summed E-state index contributed by atoms with van der Waals surface area (Å²) in [5.74, 6) is 1.57. The summed E-state index contributed by atoms with van der Waals surface area (Å²) in [6, 6.07) is 0. The number of methoxy groups -OCH3 is 1. The number of rotatable bonds is 6. The van der Waals surface area contributed by atoms with Crippen LogP contribution in [0, 0.1) is 5.92 Å². The van der Waals surface area contributed by atoms with E-state index in [2.05, 4.69) is 29.5 Å². The summed E-state index contributed by atoms with van der Waals surface area (Å²) in [4.78, 5) is 4.10. The van der Waals surface area contributed by atoms with Crippen molar-refractivity contribution in [3.63, 3.8) is 0 Å². The standard InChI is InChI=1S/C10H23N3O.HI/c1-9(2)5-6-12-10(11-3)13-7-8-14-4;/h9H,5-8H2,1-4H3,(H2,11,12,13);1H. The minimum atomic E-state index is 0. The highest BCUT2D eigenvalue weighted by molar-refractivity contribution is 14.0.